The van der Waals surface area contributed by atoms with Gasteiger partial charge in [-0.15, -0.1) is 0 Å². The summed E-state index contributed by atoms with van der Waals surface area (Å²) in [5.41, 5.74) is 1.63. The Labute approximate surface area is 121 Å². The van der Waals surface area contributed by atoms with Crippen LogP contribution in [0.2, 0.25) is 0 Å². The van der Waals surface area contributed by atoms with Crippen molar-refractivity contribution in [3.8, 4) is 0 Å². The van der Waals surface area contributed by atoms with Gasteiger partial charge >= 0.3 is 5.97 Å². The van der Waals surface area contributed by atoms with Crippen molar-refractivity contribution in [3.63, 3.8) is 0 Å². The Hall–Kier alpha value is -1.51. The van der Waals surface area contributed by atoms with Crippen LogP contribution >= 0.6 is 0 Å². The third kappa shape index (κ3) is 3.14. The van der Waals surface area contributed by atoms with Crippen LogP contribution in [0, 0.1) is 11.8 Å². The van der Waals surface area contributed by atoms with E-state index in [2.05, 4.69) is 25.8 Å². The molecule has 1 aliphatic carbocycles. The van der Waals surface area contributed by atoms with Crippen LogP contribution in [0.3, 0.4) is 0 Å². The molecule has 2 rings (SSSR count). The maximum absolute atomic E-state index is 11.9. The molecule has 1 aromatic carbocycles. The topological polar surface area (TPSA) is 29.5 Å². The van der Waals surface area contributed by atoms with E-state index in [1.54, 1.807) is 0 Å². The highest BCUT2D eigenvalue weighted by Gasteiger charge is 2.28. The second kappa shape index (κ2) is 6.29. The molecule has 0 amide bonds. The number of carbonyl (C=O) groups is 1. The lowest BCUT2D eigenvalue weighted by molar-refractivity contribution is 0.0601. The fourth-order valence-electron chi connectivity index (χ4n) is 3.48. The predicted molar refractivity (Wildman–Crippen MR) is 82.2 cm³/mol. The Balaban J connectivity index is 2.24. The highest BCUT2D eigenvalue weighted by atomic mass is 16.5. The van der Waals surface area contributed by atoms with Gasteiger partial charge in [0.1, 0.15) is 0 Å². The highest BCUT2D eigenvalue weighted by Crippen LogP contribution is 2.34. The number of ether oxygens (including phenoxy) is 1. The zero-order valence-corrected chi connectivity index (χ0v) is 12.9. The molecule has 3 heteroatoms. The Morgan fingerprint density at radius 3 is 2.35 bits per heavy atom. The minimum Gasteiger partial charge on any atom is -0.465 e. The molecule has 3 nitrogen and oxygen atoms in total. The molecule has 0 aromatic heterocycles. The van der Waals surface area contributed by atoms with E-state index in [1.165, 1.54) is 26.4 Å². The number of para-hydroxylation sites is 1. The average molecular weight is 275 g/mol. The molecule has 20 heavy (non-hydrogen) atoms. The third-order valence-electron chi connectivity index (χ3n) is 4.39. The van der Waals surface area contributed by atoms with Gasteiger partial charge in [-0.2, -0.15) is 0 Å². The standard InChI is InChI=1S/C17H25NO2/c1-12-9-13(2)11-14(10-12)18(3)16-8-6-5-7-15(16)17(19)20-4/h5-8,12-14H,9-11H2,1-4H3. The van der Waals surface area contributed by atoms with Crippen molar-refractivity contribution in [1.29, 1.82) is 0 Å². The molecule has 1 saturated carbocycles. The lowest BCUT2D eigenvalue weighted by Gasteiger charge is -2.39. The molecule has 2 atom stereocenters. The summed E-state index contributed by atoms with van der Waals surface area (Å²) in [6.45, 7) is 4.64. The molecule has 110 valence electrons. The number of anilines is 1. The quantitative estimate of drug-likeness (QED) is 0.787. The molecule has 0 N–H and O–H groups in total. The molecule has 1 aliphatic rings. The molecular weight excluding hydrogens is 250 g/mol. The van der Waals surface area contributed by atoms with Crippen LogP contribution < -0.4 is 4.90 Å². The average Bonchev–Trinajstić information content (AvgIpc) is 2.44. The van der Waals surface area contributed by atoms with Gasteiger partial charge in [-0.1, -0.05) is 26.0 Å². The minimum atomic E-state index is -0.260. The summed E-state index contributed by atoms with van der Waals surface area (Å²) in [5.74, 6) is 1.23. The van der Waals surface area contributed by atoms with Crippen LogP contribution in [0.5, 0.6) is 0 Å². The van der Waals surface area contributed by atoms with Crippen molar-refractivity contribution in [3.05, 3.63) is 29.8 Å². The number of carbonyl (C=O) groups excluding carboxylic acids is 1. The monoisotopic (exact) mass is 275 g/mol. The van der Waals surface area contributed by atoms with Crippen molar-refractivity contribution in [1.82, 2.24) is 0 Å². The smallest absolute Gasteiger partial charge is 0.339 e. The van der Waals surface area contributed by atoms with Crippen molar-refractivity contribution in [2.45, 2.75) is 39.2 Å². The number of rotatable bonds is 3. The SMILES string of the molecule is COC(=O)c1ccccc1N(C)C1CC(C)CC(C)C1. The molecule has 0 saturated heterocycles. The van der Waals surface area contributed by atoms with Gasteiger partial charge in [0, 0.05) is 13.1 Å². The van der Waals surface area contributed by atoms with Gasteiger partial charge in [0.05, 0.1) is 18.4 Å². The Bertz CT molecular complexity index is 462. The summed E-state index contributed by atoms with van der Waals surface area (Å²) in [5, 5.41) is 0. The second-order valence-electron chi connectivity index (χ2n) is 6.19. The van der Waals surface area contributed by atoms with Crippen LogP contribution in [-0.2, 0) is 4.74 Å². The van der Waals surface area contributed by atoms with Crippen LogP contribution in [-0.4, -0.2) is 26.2 Å². The summed E-state index contributed by atoms with van der Waals surface area (Å²) in [6.07, 6.45) is 3.69. The van der Waals surface area contributed by atoms with Crippen molar-refractivity contribution in [2.75, 3.05) is 19.1 Å². The van der Waals surface area contributed by atoms with Crippen molar-refractivity contribution >= 4 is 11.7 Å². The molecular formula is C17H25NO2. The predicted octanol–water partition coefficient (Wildman–Crippen LogP) is 3.73. The Morgan fingerprint density at radius 1 is 1.15 bits per heavy atom. The zero-order valence-electron chi connectivity index (χ0n) is 12.9. The first-order valence-electron chi connectivity index (χ1n) is 7.43. The number of hydrogen-bond acceptors (Lipinski definition) is 3. The van der Waals surface area contributed by atoms with E-state index >= 15 is 0 Å². The maximum Gasteiger partial charge on any atom is 0.339 e. The molecule has 2 unspecified atom stereocenters. The number of nitrogens with zero attached hydrogens (tertiary/aromatic N) is 1. The summed E-state index contributed by atoms with van der Waals surface area (Å²) < 4.78 is 4.89. The van der Waals surface area contributed by atoms with E-state index in [4.69, 9.17) is 4.74 Å². The van der Waals surface area contributed by atoms with Crippen LogP contribution in [0.25, 0.3) is 0 Å². The normalized spacial score (nSPS) is 26.1. The molecule has 0 radical (unpaired) electrons. The Kier molecular flexibility index (Phi) is 4.69. The first kappa shape index (κ1) is 14.9. The van der Waals surface area contributed by atoms with Crippen LogP contribution in [0.1, 0.15) is 43.5 Å². The van der Waals surface area contributed by atoms with Gasteiger partial charge in [-0.3, -0.25) is 0 Å². The third-order valence-corrected chi connectivity index (χ3v) is 4.39. The zero-order chi connectivity index (χ0) is 14.7. The van der Waals surface area contributed by atoms with E-state index < -0.39 is 0 Å². The lowest BCUT2D eigenvalue weighted by Crippen LogP contribution is -2.38. The fourth-order valence-corrected chi connectivity index (χ4v) is 3.48. The lowest BCUT2D eigenvalue weighted by atomic mass is 9.79. The summed E-state index contributed by atoms with van der Waals surface area (Å²) in [6, 6.07) is 8.22. The van der Waals surface area contributed by atoms with E-state index in [0.717, 1.165) is 17.5 Å². The van der Waals surface area contributed by atoms with E-state index in [-0.39, 0.29) is 5.97 Å². The molecule has 1 fully saturated rings. The first-order valence-corrected chi connectivity index (χ1v) is 7.43. The summed E-state index contributed by atoms with van der Waals surface area (Å²) in [7, 11) is 3.53. The molecule has 0 aliphatic heterocycles. The number of methoxy groups -OCH3 is 1. The second-order valence-corrected chi connectivity index (χ2v) is 6.19. The maximum atomic E-state index is 11.9. The van der Waals surface area contributed by atoms with Crippen LogP contribution in [0.15, 0.2) is 24.3 Å². The number of esters is 1. The molecule has 0 spiro atoms. The van der Waals surface area contributed by atoms with Gasteiger partial charge < -0.3 is 9.64 Å². The van der Waals surface area contributed by atoms with Gasteiger partial charge in [-0.25, -0.2) is 4.79 Å². The van der Waals surface area contributed by atoms with Gasteiger partial charge in [-0.05, 0) is 43.2 Å². The first-order chi connectivity index (χ1) is 9.52. The largest absolute Gasteiger partial charge is 0.465 e. The van der Waals surface area contributed by atoms with Gasteiger partial charge in [0.25, 0.3) is 0 Å². The van der Waals surface area contributed by atoms with E-state index in [1.807, 2.05) is 24.3 Å². The molecule has 0 heterocycles. The number of hydrogen-bond donors (Lipinski definition) is 0. The van der Waals surface area contributed by atoms with E-state index in [0.29, 0.717) is 11.6 Å². The van der Waals surface area contributed by atoms with Gasteiger partial charge in [0.15, 0.2) is 0 Å². The van der Waals surface area contributed by atoms with Crippen LogP contribution in [0.4, 0.5) is 5.69 Å². The van der Waals surface area contributed by atoms with Crippen molar-refractivity contribution in [2.24, 2.45) is 11.8 Å². The fraction of sp³-hybridized carbons (Fsp3) is 0.588. The van der Waals surface area contributed by atoms with E-state index in [9.17, 15) is 4.79 Å². The highest BCUT2D eigenvalue weighted by molar-refractivity contribution is 5.95. The summed E-state index contributed by atoms with van der Waals surface area (Å²) >= 11 is 0. The minimum absolute atomic E-state index is 0.260. The Morgan fingerprint density at radius 2 is 1.75 bits per heavy atom. The summed E-state index contributed by atoms with van der Waals surface area (Å²) in [4.78, 5) is 14.2. The number of benzene rings is 1. The van der Waals surface area contributed by atoms with Gasteiger partial charge in [0.2, 0.25) is 0 Å². The van der Waals surface area contributed by atoms with Crippen molar-refractivity contribution < 1.29 is 9.53 Å². The molecule has 1 aromatic rings. The molecule has 0 bridgehead atoms.